The Bertz CT molecular complexity index is 405. The van der Waals surface area contributed by atoms with Gasteiger partial charge in [-0.25, -0.2) is 8.93 Å². The van der Waals surface area contributed by atoms with Gasteiger partial charge in [0.25, 0.3) is 0 Å². The van der Waals surface area contributed by atoms with Crippen LogP contribution in [-0.2, 0) is 11.0 Å². The van der Waals surface area contributed by atoms with Crippen LogP contribution in [0.3, 0.4) is 0 Å². The molecule has 0 aliphatic carbocycles. The molecule has 0 aliphatic rings. The van der Waals surface area contributed by atoms with E-state index in [1.54, 1.807) is 12.1 Å². The number of aryl methyl sites for hydroxylation is 1. The summed E-state index contributed by atoms with van der Waals surface area (Å²) in [5, 5.41) is 0.861. The lowest BCUT2D eigenvalue weighted by atomic mass is 10.1. The molecule has 0 saturated heterocycles. The van der Waals surface area contributed by atoms with Gasteiger partial charge in [-0.15, -0.1) is 0 Å². The van der Waals surface area contributed by atoms with E-state index < -0.39 is 11.0 Å². The Hall–Kier alpha value is -0.0900. The van der Waals surface area contributed by atoms with Crippen LogP contribution in [0.15, 0.2) is 17.0 Å². The first kappa shape index (κ1) is 22.2. The van der Waals surface area contributed by atoms with Crippen LogP contribution in [0.5, 0.6) is 0 Å². The molecule has 1 N–H and O–H groups in total. The van der Waals surface area contributed by atoms with Crippen LogP contribution >= 0.6 is 23.2 Å². The zero-order valence-electron chi connectivity index (χ0n) is 13.7. The average Bonchev–Trinajstić information content (AvgIpc) is 2.30. The monoisotopic (exact) mass is 339 g/mol. The van der Waals surface area contributed by atoms with Crippen molar-refractivity contribution in [1.82, 2.24) is 4.72 Å². The Labute approximate surface area is 136 Å². The standard InChI is InChI=1S/C11H15Cl2NOS.2C2H6/c1-7-5-8(12)10(9(13)6-7)16(15)14-11(2,3)4;2*1-2/h5-6,14H,1-4H3;2*1-2H3. The number of nitrogens with one attached hydrogen (secondary N) is 1. The van der Waals surface area contributed by atoms with Gasteiger partial charge in [-0.2, -0.15) is 0 Å². The summed E-state index contributed by atoms with van der Waals surface area (Å²) in [5.74, 6) is 0. The van der Waals surface area contributed by atoms with Gasteiger partial charge in [-0.1, -0.05) is 50.9 Å². The van der Waals surface area contributed by atoms with Crippen molar-refractivity contribution in [1.29, 1.82) is 0 Å². The van der Waals surface area contributed by atoms with Crippen LogP contribution in [0.2, 0.25) is 10.0 Å². The lowest BCUT2D eigenvalue weighted by Gasteiger charge is -2.20. The second-order valence-corrected chi connectivity index (χ2v) is 6.64. The van der Waals surface area contributed by atoms with Crippen LogP contribution < -0.4 is 4.72 Å². The van der Waals surface area contributed by atoms with E-state index >= 15 is 0 Å². The SMILES string of the molecule is CC.CC.Cc1cc(Cl)c(S(=O)NC(C)(C)C)c(Cl)c1. The Kier molecular flexibility index (Phi) is 11.8. The molecule has 0 spiro atoms. The third kappa shape index (κ3) is 8.25. The molecule has 118 valence electrons. The molecule has 1 rings (SSSR count). The van der Waals surface area contributed by atoms with Gasteiger partial charge in [0.2, 0.25) is 0 Å². The van der Waals surface area contributed by atoms with Crippen molar-refractivity contribution < 1.29 is 4.21 Å². The van der Waals surface area contributed by atoms with Crippen molar-refractivity contribution in [3.05, 3.63) is 27.7 Å². The first-order valence-electron chi connectivity index (χ1n) is 6.86. The van der Waals surface area contributed by atoms with Crippen LogP contribution in [0.1, 0.15) is 54.0 Å². The molecule has 0 amide bonds. The minimum Gasteiger partial charge on any atom is -0.237 e. The summed E-state index contributed by atoms with van der Waals surface area (Å²) in [5.41, 5.74) is 0.689. The van der Waals surface area contributed by atoms with E-state index in [1.807, 2.05) is 55.4 Å². The summed E-state index contributed by atoms with van der Waals surface area (Å²) in [6.07, 6.45) is 0. The van der Waals surface area contributed by atoms with Crippen molar-refractivity contribution in [3.63, 3.8) is 0 Å². The quantitative estimate of drug-likeness (QED) is 0.728. The third-order valence-electron chi connectivity index (χ3n) is 1.73. The number of rotatable bonds is 2. The molecular formula is C15H27Cl2NOS. The van der Waals surface area contributed by atoms with Gasteiger partial charge in [0.05, 0.1) is 14.9 Å². The summed E-state index contributed by atoms with van der Waals surface area (Å²) in [4.78, 5) is 0.448. The van der Waals surface area contributed by atoms with Crippen molar-refractivity contribution in [3.8, 4) is 0 Å². The highest BCUT2D eigenvalue weighted by atomic mass is 35.5. The Balaban J connectivity index is 0. The van der Waals surface area contributed by atoms with Gasteiger partial charge in [-0.05, 0) is 45.4 Å². The molecule has 20 heavy (non-hydrogen) atoms. The predicted octanol–water partition coefficient (Wildman–Crippen LogP) is 5.76. The van der Waals surface area contributed by atoms with Crippen molar-refractivity contribution in [2.75, 3.05) is 0 Å². The van der Waals surface area contributed by atoms with Crippen molar-refractivity contribution in [2.45, 2.75) is 65.8 Å². The minimum atomic E-state index is -1.40. The molecule has 5 heteroatoms. The summed E-state index contributed by atoms with van der Waals surface area (Å²) < 4.78 is 15.0. The van der Waals surface area contributed by atoms with Crippen molar-refractivity contribution in [2.24, 2.45) is 0 Å². The summed E-state index contributed by atoms with van der Waals surface area (Å²) in [7, 11) is -1.40. The fourth-order valence-corrected chi connectivity index (χ4v) is 3.34. The maximum absolute atomic E-state index is 12.0. The zero-order valence-corrected chi connectivity index (χ0v) is 16.1. The van der Waals surface area contributed by atoms with Crippen LogP contribution in [-0.4, -0.2) is 9.75 Å². The maximum atomic E-state index is 12.0. The molecule has 0 radical (unpaired) electrons. The van der Waals surface area contributed by atoms with E-state index in [9.17, 15) is 4.21 Å². The first-order chi connectivity index (χ1) is 9.20. The summed E-state index contributed by atoms with van der Waals surface area (Å²) in [6.45, 7) is 15.7. The molecular weight excluding hydrogens is 313 g/mol. The molecule has 0 fully saturated rings. The molecule has 1 aromatic carbocycles. The van der Waals surface area contributed by atoms with E-state index in [1.165, 1.54) is 0 Å². The van der Waals surface area contributed by atoms with Crippen LogP contribution in [0.25, 0.3) is 0 Å². The molecule has 1 unspecified atom stereocenters. The first-order valence-corrected chi connectivity index (χ1v) is 8.76. The molecule has 0 heterocycles. The van der Waals surface area contributed by atoms with Gasteiger partial charge in [0.15, 0.2) is 0 Å². The third-order valence-corrected chi connectivity index (χ3v) is 4.16. The minimum absolute atomic E-state index is 0.262. The topological polar surface area (TPSA) is 29.1 Å². The van der Waals surface area contributed by atoms with Gasteiger partial charge in [0.1, 0.15) is 11.0 Å². The van der Waals surface area contributed by atoms with E-state index in [0.717, 1.165) is 5.56 Å². The number of hydrogen-bond donors (Lipinski definition) is 1. The molecule has 0 bridgehead atoms. The highest BCUT2D eigenvalue weighted by molar-refractivity contribution is 7.83. The number of hydrogen-bond acceptors (Lipinski definition) is 1. The highest BCUT2D eigenvalue weighted by Gasteiger charge is 2.19. The average molecular weight is 340 g/mol. The lowest BCUT2D eigenvalue weighted by molar-refractivity contribution is 0.519. The Morgan fingerprint density at radius 2 is 1.35 bits per heavy atom. The molecule has 0 saturated carbocycles. The normalized spacial score (nSPS) is 11.7. The fraction of sp³-hybridized carbons (Fsp3) is 0.600. The maximum Gasteiger partial charge on any atom is 0.128 e. The molecule has 2 nitrogen and oxygen atoms in total. The van der Waals surface area contributed by atoms with E-state index in [2.05, 4.69) is 4.72 Å². The number of halogens is 2. The van der Waals surface area contributed by atoms with Gasteiger partial charge >= 0.3 is 0 Å². The Morgan fingerprint density at radius 3 is 1.65 bits per heavy atom. The Morgan fingerprint density at radius 1 is 1.00 bits per heavy atom. The molecule has 1 aromatic rings. The molecule has 1 atom stereocenters. The highest BCUT2D eigenvalue weighted by Crippen LogP contribution is 2.29. The van der Waals surface area contributed by atoms with Gasteiger partial charge in [-0.3, -0.25) is 0 Å². The largest absolute Gasteiger partial charge is 0.237 e. The fourth-order valence-electron chi connectivity index (χ4n) is 1.19. The van der Waals surface area contributed by atoms with E-state index in [0.29, 0.717) is 14.9 Å². The zero-order chi connectivity index (χ0) is 16.5. The number of benzene rings is 1. The predicted molar refractivity (Wildman–Crippen MR) is 93.2 cm³/mol. The van der Waals surface area contributed by atoms with Crippen LogP contribution in [0.4, 0.5) is 0 Å². The summed E-state index contributed by atoms with van der Waals surface area (Å²) in [6, 6.07) is 3.51. The van der Waals surface area contributed by atoms with E-state index in [-0.39, 0.29) is 5.54 Å². The van der Waals surface area contributed by atoms with Crippen LogP contribution in [0, 0.1) is 6.92 Å². The second kappa shape index (κ2) is 10.6. The summed E-state index contributed by atoms with van der Waals surface area (Å²) >= 11 is 12.1. The molecule has 0 aliphatic heterocycles. The second-order valence-electron chi connectivity index (χ2n) is 4.68. The van der Waals surface area contributed by atoms with Gasteiger partial charge in [0, 0.05) is 5.54 Å². The lowest BCUT2D eigenvalue weighted by Crippen LogP contribution is -2.37. The van der Waals surface area contributed by atoms with Crippen molar-refractivity contribution >= 4 is 34.2 Å². The molecule has 0 aromatic heterocycles. The van der Waals surface area contributed by atoms with E-state index in [4.69, 9.17) is 23.2 Å². The van der Waals surface area contributed by atoms with Gasteiger partial charge < -0.3 is 0 Å². The smallest absolute Gasteiger partial charge is 0.128 e.